The Bertz CT molecular complexity index is 682. The van der Waals surface area contributed by atoms with Crippen molar-refractivity contribution in [2.75, 3.05) is 0 Å². The van der Waals surface area contributed by atoms with Gasteiger partial charge in [-0.1, -0.05) is 18.5 Å². The maximum absolute atomic E-state index is 11.4. The van der Waals surface area contributed by atoms with Crippen LogP contribution in [0.3, 0.4) is 0 Å². The van der Waals surface area contributed by atoms with Gasteiger partial charge in [-0.25, -0.2) is 8.42 Å². The first-order chi connectivity index (χ1) is 8.93. The summed E-state index contributed by atoms with van der Waals surface area (Å²) in [6, 6.07) is 3.28. The molecule has 0 radical (unpaired) electrons. The molecule has 0 bridgehead atoms. The number of hydrogen-bond acceptors (Lipinski definition) is 5. The van der Waals surface area contributed by atoms with E-state index >= 15 is 0 Å². The van der Waals surface area contributed by atoms with E-state index in [0.29, 0.717) is 29.5 Å². The van der Waals surface area contributed by atoms with Crippen LogP contribution in [0.4, 0.5) is 0 Å². The number of halogens is 2. The van der Waals surface area contributed by atoms with Crippen molar-refractivity contribution in [3.63, 3.8) is 0 Å². The Morgan fingerprint density at radius 3 is 2.58 bits per heavy atom. The van der Waals surface area contributed by atoms with Gasteiger partial charge in [-0.3, -0.25) is 9.55 Å². The van der Waals surface area contributed by atoms with Crippen LogP contribution in [0.1, 0.15) is 13.3 Å². The third-order valence-electron chi connectivity index (χ3n) is 2.34. The number of rotatable bonds is 4. The molecule has 0 unspecified atom stereocenters. The monoisotopic (exact) mass is 320 g/mol. The topological polar surface area (TPSA) is 77.7 Å². The maximum atomic E-state index is 11.4. The van der Waals surface area contributed by atoms with Gasteiger partial charge in [0.25, 0.3) is 14.2 Å². The highest BCUT2D eigenvalue weighted by atomic mass is 35.7. The summed E-state index contributed by atoms with van der Waals surface area (Å²) in [6.07, 6.45) is 2.16. The van der Waals surface area contributed by atoms with E-state index in [-0.39, 0.29) is 5.16 Å². The van der Waals surface area contributed by atoms with Crippen LogP contribution in [0.5, 0.6) is 0 Å². The molecule has 0 amide bonds. The molecule has 0 N–H and O–H groups in total. The lowest BCUT2D eigenvalue weighted by Crippen LogP contribution is -2.08. The SMILES string of the molecule is CCCn1c(-c2ccc(Cl)cn2)nnc1S(=O)(=O)Cl. The van der Waals surface area contributed by atoms with Crippen molar-refractivity contribution in [1.82, 2.24) is 19.7 Å². The zero-order chi connectivity index (χ0) is 14.0. The molecule has 102 valence electrons. The van der Waals surface area contributed by atoms with Crippen LogP contribution >= 0.6 is 22.3 Å². The molecule has 0 aliphatic carbocycles. The van der Waals surface area contributed by atoms with Gasteiger partial charge in [0.2, 0.25) is 0 Å². The van der Waals surface area contributed by atoms with E-state index in [1.165, 1.54) is 10.8 Å². The highest BCUT2D eigenvalue weighted by Crippen LogP contribution is 2.22. The third kappa shape index (κ3) is 3.05. The molecular weight excluding hydrogens is 311 g/mol. The molecule has 2 aromatic rings. The summed E-state index contributed by atoms with van der Waals surface area (Å²) in [6.45, 7) is 2.33. The van der Waals surface area contributed by atoms with Gasteiger partial charge in [0.1, 0.15) is 5.69 Å². The van der Waals surface area contributed by atoms with Gasteiger partial charge < -0.3 is 0 Å². The molecule has 0 atom stereocenters. The van der Waals surface area contributed by atoms with E-state index in [2.05, 4.69) is 15.2 Å². The van der Waals surface area contributed by atoms with E-state index < -0.39 is 9.05 Å². The number of pyridine rings is 1. The Balaban J connectivity index is 2.58. The molecule has 6 nitrogen and oxygen atoms in total. The van der Waals surface area contributed by atoms with Crippen molar-refractivity contribution in [2.45, 2.75) is 25.0 Å². The predicted octanol–water partition coefficient (Wildman–Crippen LogP) is 2.33. The van der Waals surface area contributed by atoms with E-state index in [9.17, 15) is 8.42 Å². The predicted molar refractivity (Wildman–Crippen MR) is 71.6 cm³/mol. The highest BCUT2D eigenvalue weighted by molar-refractivity contribution is 8.13. The summed E-state index contributed by atoms with van der Waals surface area (Å²) in [5, 5.41) is 7.68. The minimum atomic E-state index is -3.94. The van der Waals surface area contributed by atoms with E-state index in [0.717, 1.165) is 0 Å². The molecule has 0 aliphatic rings. The average Bonchev–Trinajstić information content (AvgIpc) is 2.74. The molecule has 0 saturated carbocycles. The lowest BCUT2D eigenvalue weighted by Gasteiger charge is -2.06. The molecule has 0 spiro atoms. The number of hydrogen-bond donors (Lipinski definition) is 0. The molecule has 2 aromatic heterocycles. The van der Waals surface area contributed by atoms with Crippen molar-refractivity contribution in [2.24, 2.45) is 0 Å². The molecule has 2 rings (SSSR count). The molecule has 0 aromatic carbocycles. The Morgan fingerprint density at radius 2 is 2.05 bits per heavy atom. The van der Waals surface area contributed by atoms with Crippen molar-refractivity contribution >= 4 is 31.3 Å². The fourth-order valence-corrected chi connectivity index (χ4v) is 2.63. The summed E-state index contributed by atoms with van der Waals surface area (Å²) in [7, 11) is 1.39. The minimum Gasteiger partial charge on any atom is -0.296 e. The Kier molecular flexibility index (Phi) is 4.07. The van der Waals surface area contributed by atoms with Gasteiger partial charge in [0, 0.05) is 23.4 Å². The van der Waals surface area contributed by atoms with Gasteiger partial charge >= 0.3 is 0 Å². The summed E-state index contributed by atoms with van der Waals surface area (Å²) in [4.78, 5) is 4.09. The van der Waals surface area contributed by atoms with Crippen molar-refractivity contribution in [3.05, 3.63) is 23.4 Å². The second-order valence-electron chi connectivity index (χ2n) is 3.76. The van der Waals surface area contributed by atoms with Crippen LogP contribution in [0, 0.1) is 0 Å². The third-order valence-corrected chi connectivity index (χ3v) is 3.71. The molecular formula is C10H10Cl2N4O2S. The normalized spacial score (nSPS) is 11.7. The van der Waals surface area contributed by atoms with Gasteiger partial charge in [0.05, 0.1) is 5.02 Å². The molecule has 9 heteroatoms. The lowest BCUT2D eigenvalue weighted by atomic mass is 10.3. The zero-order valence-electron chi connectivity index (χ0n) is 9.92. The molecule has 0 saturated heterocycles. The second kappa shape index (κ2) is 5.44. The Morgan fingerprint density at radius 1 is 1.32 bits per heavy atom. The molecule has 0 fully saturated rings. The van der Waals surface area contributed by atoms with E-state index in [1.54, 1.807) is 12.1 Å². The van der Waals surface area contributed by atoms with E-state index in [1.807, 2.05) is 6.92 Å². The summed E-state index contributed by atoms with van der Waals surface area (Å²) < 4.78 is 24.3. The summed E-state index contributed by atoms with van der Waals surface area (Å²) in [5.74, 6) is 0.345. The first kappa shape index (κ1) is 14.2. The summed E-state index contributed by atoms with van der Waals surface area (Å²) >= 11 is 5.76. The lowest BCUT2D eigenvalue weighted by molar-refractivity contribution is 0.569. The Labute approximate surface area is 119 Å². The standard InChI is InChI=1S/C10H10Cl2N4O2S/c1-2-5-16-9(8-4-3-7(11)6-13-8)14-15-10(16)19(12,17)18/h3-4,6H,2,5H2,1H3. The highest BCUT2D eigenvalue weighted by Gasteiger charge is 2.23. The van der Waals surface area contributed by atoms with Crippen LogP contribution in [0.15, 0.2) is 23.5 Å². The van der Waals surface area contributed by atoms with Gasteiger partial charge in [-0.05, 0) is 18.6 Å². The smallest absolute Gasteiger partial charge is 0.296 e. The maximum Gasteiger partial charge on any atom is 0.296 e. The van der Waals surface area contributed by atoms with Crippen LogP contribution in [0.25, 0.3) is 11.5 Å². The van der Waals surface area contributed by atoms with Crippen LogP contribution in [-0.2, 0) is 15.6 Å². The quantitative estimate of drug-likeness (QED) is 0.808. The first-order valence-corrected chi connectivity index (χ1v) is 8.12. The van der Waals surface area contributed by atoms with Gasteiger partial charge in [-0.15, -0.1) is 10.2 Å². The van der Waals surface area contributed by atoms with Crippen molar-refractivity contribution in [3.8, 4) is 11.5 Å². The fraction of sp³-hybridized carbons (Fsp3) is 0.300. The fourth-order valence-electron chi connectivity index (χ4n) is 1.59. The van der Waals surface area contributed by atoms with Gasteiger partial charge in [0.15, 0.2) is 5.82 Å². The molecule has 19 heavy (non-hydrogen) atoms. The van der Waals surface area contributed by atoms with Crippen molar-refractivity contribution in [1.29, 1.82) is 0 Å². The zero-order valence-corrected chi connectivity index (χ0v) is 12.2. The van der Waals surface area contributed by atoms with Gasteiger partial charge in [-0.2, -0.15) is 0 Å². The van der Waals surface area contributed by atoms with Crippen LogP contribution < -0.4 is 0 Å². The number of aromatic nitrogens is 4. The largest absolute Gasteiger partial charge is 0.296 e. The molecule has 2 heterocycles. The number of nitrogens with zero attached hydrogens (tertiary/aromatic N) is 4. The van der Waals surface area contributed by atoms with Crippen LogP contribution in [-0.4, -0.2) is 28.2 Å². The average molecular weight is 321 g/mol. The van der Waals surface area contributed by atoms with Crippen molar-refractivity contribution < 1.29 is 8.42 Å². The van der Waals surface area contributed by atoms with Crippen LogP contribution in [0.2, 0.25) is 5.02 Å². The molecule has 0 aliphatic heterocycles. The van der Waals surface area contributed by atoms with E-state index in [4.69, 9.17) is 22.3 Å². The second-order valence-corrected chi connectivity index (χ2v) is 6.65. The Hall–Kier alpha value is -1.18. The first-order valence-electron chi connectivity index (χ1n) is 5.43. The minimum absolute atomic E-state index is 0.275. The summed E-state index contributed by atoms with van der Waals surface area (Å²) in [5.41, 5.74) is 0.483.